The van der Waals surface area contributed by atoms with Crippen molar-refractivity contribution in [1.29, 1.82) is 0 Å². The molecule has 3 aromatic rings. The Hall–Kier alpha value is -2.99. The van der Waals surface area contributed by atoms with Gasteiger partial charge in [0.25, 0.3) is 0 Å². The summed E-state index contributed by atoms with van der Waals surface area (Å²) in [7, 11) is 0. The lowest BCUT2D eigenvalue weighted by Gasteiger charge is -2.08. The molecule has 4 rings (SSSR count). The maximum absolute atomic E-state index is 13.1. The minimum absolute atomic E-state index is 0.168. The van der Waals surface area contributed by atoms with Gasteiger partial charge in [0.2, 0.25) is 0 Å². The third-order valence-corrected chi connectivity index (χ3v) is 4.59. The van der Waals surface area contributed by atoms with E-state index in [0.717, 1.165) is 19.4 Å². The summed E-state index contributed by atoms with van der Waals surface area (Å²) in [6.45, 7) is 0.929. The molecule has 1 aliphatic rings. The molecular weight excluding hydrogens is 337 g/mol. The summed E-state index contributed by atoms with van der Waals surface area (Å²) < 4.78 is 24.0. The SMILES string of the molecule is O=C(Oc1ccc2c(=O)c(-c3ccc(F)cc3)coc2c1)[C@@H]1CCC[NH2+]1. The van der Waals surface area contributed by atoms with E-state index >= 15 is 0 Å². The van der Waals surface area contributed by atoms with E-state index in [2.05, 4.69) is 0 Å². The lowest BCUT2D eigenvalue weighted by Crippen LogP contribution is -2.88. The molecule has 132 valence electrons. The standard InChI is InChI=1S/C20H16FNO4/c21-13-5-3-12(4-6-13)16-11-25-18-10-14(7-8-15(18)19(16)23)26-20(24)17-2-1-9-22-17/h3-8,10-11,17,22H,1-2,9H2/p+1/t17-/m0/s1. The van der Waals surface area contributed by atoms with Crippen LogP contribution in [0.15, 0.2) is 57.9 Å². The molecular formula is C20H17FNO4+. The van der Waals surface area contributed by atoms with Gasteiger partial charge in [-0.05, 0) is 29.8 Å². The van der Waals surface area contributed by atoms with Crippen molar-refractivity contribution in [1.82, 2.24) is 0 Å². The van der Waals surface area contributed by atoms with Crippen molar-refractivity contribution in [2.45, 2.75) is 18.9 Å². The van der Waals surface area contributed by atoms with Crippen molar-refractivity contribution in [3.63, 3.8) is 0 Å². The van der Waals surface area contributed by atoms with Crippen LogP contribution < -0.4 is 15.5 Å². The van der Waals surface area contributed by atoms with Crippen LogP contribution in [0.3, 0.4) is 0 Å². The number of nitrogens with two attached hydrogens (primary N) is 1. The Bertz CT molecular complexity index is 1020. The Morgan fingerprint density at radius 3 is 2.73 bits per heavy atom. The highest BCUT2D eigenvalue weighted by atomic mass is 19.1. The second-order valence-electron chi connectivity index (χ2n) is 6.34. The predicted octanol–water partition coefficient (Wildman–Crippen LogP) is 2.23. The minimum atomic E-state index is -0.370. The van der Waals surface area contributed by atoms with Gasteiger partial charge in [-0.1, -0.05) is 12.1 Å². The Morgan fingerprint density at radius 2 is 2.00 bits per heavy atom. The van der Waals surface area contributed by atoms with Crippen molar-refractivity contribution < 1.29 is 23.7 Å². The van der Waals surface area contributed by atoms with E-state index in [9.17, 15) is 14.0 Å². The van der Waals surface area contributed by atoms with E-state index in [1.54, 1.807) is 12.1 Å². The largest absolute Gasteiger partial charge is 0.463 e. The molecule has 5 nitrogen and oxygen atoms in total. The first kappa shape index (κ1) is 16.5. The van der Waals surface area contributed by atoms with Gasteiger partial charge in [-0.25, -0.2) is 9.18 Å². The van der Waals surface area contributed by atoms with E-state index in [1.807, 2.05) is 5.32 Å². The molecule has 26 heavy (non-hydrogen) atoms. The molecule has 0 aliphatic carbocycles. The number of esters is 1. The Balaban J connectivity index is 1.65. The van der Waals surface area contributed by atoms with Crippen LogP contribution in [-0.2, 0) is 4.79 Å². The average Bonchev–Trinajstić information content (AvgIpc) is 3.18. The first-order valence-electron chi connectivity index (χ1n) is 8.48. The molecule has 0 spiro atoms. The second kappa shape index (κ2) is 6.72. The summed E-state index contributed by atoms with van der Waals surface area (Å²) in [5.74, 6) is -0.308. The summed E-state index contributed by atoms with van der Waals surface area (Å²) in [6.07, 6.45) is 3.15. The Labute approximate surface area is 148 Å². The van der Waals surface area contributed by atoms with Crippen LogP contribution in [0.5, 0.6) is 5.75 Å². The van der Waals surface area contributed by atoms with Crippen LogP contribution in [0.2, 0.25) is 0 Å². The normalized spacial score (nSPS) is 16.7. The molecule has 0 saturated carbocycles. The maximum atomic E-state index is 13.1. The molecule has 1 aliphatic heterocycles. The molecule has 6 heteroatoms. The van der Waals surface area contributed by atoms with Crippen LogP contribution in [0, 0.1) is 5.82 Å². The number of hydrogen-bond donors (Lipinski definition) is 1. The fourth-order valence-corrected chi connectivity index (χ4v) is 3.18. The second-order valence-corrected chi connectivity index (χ2v) is 6.34. The van der Waals surface area contributed by atoms with E-state index < -0.39 is 0 Å². The van der Waals surface area contributed by atoms with Crippen LogP contribution in [-0.4, -0.2) is 18.6 Å². The average molecular weight is 354 g/mol. The number of carbonyl (C=O) groups excluding carboxylic acids is 1. The summed E-state index contributed by atoms with van der Waals surface area (Å²) in [5, 5.41) is 2.34. The number of hydrogen-bond acceptors (Lipinski definition) is 4. The molecule has 2 aromatic carbocycles. The topological polar surface area (TPSA) is 73.1 Å². The molecule has 1 saturated heterocycles. The van der Waals surface area contributed by atoms with Gasteiger partial charge in [-0.15, -0.1) is 0 Å². The maximum Gasteiger partial charge on any atom is 0.370 e. The fraction of sp³-hybridized carbons (Fsp3) is 0.200. The number of halogens is 1. The summed E-state index contributed by atoms with van der Waals surface area (Å²) in [6, 6.07) is 10.2. The van der Waals surface area contributed by atoms with Crippen molar-refractivity contribution in [3.8, 4) is 16.9 Å². The first-order chi connectivity index (χ1) is 12.6. The number of ether oxygens (including phenoxy) is 1. The number of fused-ring (bicyclic) bond motifs is 1. The van der Waals surface area contributed by atoms with E-state index in [-0.39, 0.29) is 23.3 Å². The summed E-state index contributed by atoms with van der Waals surface area (Å²) in [4.78, 5) is 24.8. The fourth-order valence-electron chi connectivity index (χ4n) is 3.18. The zero-order valence-corrected chi connectivity index (χ0v) is 13.9. The van der Waals surface area contributed by atoms with Gasteiger partial charge < -0.3 is 14.5 Å². The van der Waals surface area contributed by atoms with Gasteiger partial charge in [0.1, 0.15) is 23.4 Å². The number of quaternary nitrogens is 1. The first-order valence-corrected chi connectivity index (χ1v) is 8.48. The Kier molecular flexibility index (Phi) is 4.26. The van der Waals surface area contributed by atoms with Gasteiger partial charge in [-0.2, -0.15) is 0 Å². The van der Waals surface area contributed by atoms with Gasteiger partial charge in [-0.3, -0.25) is 4.79 Å². The summed E-state index contributed by atoms with van der Waals surface area (Å²) >= 11 is 0. The number of benzene rings is 2. The quantitative estimate of drug-likeness (QED) is 0.578. The van der Waals surface area contributed by atoms with Crippen LogP contribution in [0.4, 0.5) is 4.39 Å². The van der Waals surface area contributed by atoms with Gasteiger partial charge >= 0.3 is 5.97 Å². The monoisotopic (exact) mass is 354 g/mol. The highest BCUT2D eigenvalue weighted by Gasteiger charge is 2.28. The van der Waals surface area contributed by atoms with E-state index in [0.29, 0.717) is 27.8 Å². The molecule has 0 bridgehead atoms. The van der Waals surface area contributed by atoms with Crippen molar-refractivity contribution >= 4 is 16.9 Å². The molecule has 1 atom stereocenters. The lowest BCUT2D eigenvalue weighted by molar-refractivity contribution is -0.658. The smallest absolute Gasteiger partial charge is 0.370 e. The van der Waals surface area contributed by atoms with E-state index in [1.165, 1.54) is 36.6 Å². The van der Waals surface area contributed by atoms with Crippen molar-refractivity contribution in [3.05, 3.63) is 64.8 Å². The molecule has 1 aromatic heterocycles. The molecule has 2 heterocycles. The van der Waals surface area contributed by atoms with Crippen molar-refractivity contribution in [2.24, 2.45) is 0 Å². The highest BCUT2D eigenvalue weighted by Crippen LogP contribution is 2.23. The molecule has 0 radical (unpaired) electrons. The number of rotatable bonds is 3. The van der Waals surface area contributed by atoms with Gasteiger partial charge in [0, 0.05) is 18.9 Å². The Morgan fingerprint density at radius 1 is 1.19 bits per heavy atom. The summed E-state index contributed by atoms with van der Waals surface area (Å²) in [5.41, 5.74) is 1.04. The third kappa shape index (κ3) is 3.11. The van der Waals surface area contributed by atoms with Crippen molar-refractivity contribution in [2.75, 3.05) is 6.54 Å². The third-order valence-electron chi connectivity index (χ3n) is 4.59. The zero-order chi connectivity index (χ0) is 18.1. The zero-order valence-electron chi connectivity index (χ0n) is 13.9. The molecule has 1 fully saturated rings. The number of carbonyl (C=O) groups is 1. The lowest BCUT2D eigenvalue weighted by atomic mass is 10.1. The van der Waals surface area contributed by atoms with Gasteiger partial charge in [0.05, 0.1) is 17.5 Å². The molecule has 0 unspecified atom stereocenters. The minimum Gasteiger partial charge on any atom is -0.463 e. The molecule has 2 N–H and O–H groups in total. The highest BCUT2D eigenvalue weighted by molar-refractivity contribution is 5.84. The van der Waals surface area contributed by atoms with Crippen LogP contribution in [0.25, 0.3) is 22.1 Å². The van der Waals surface area contributed by atoms with Gasteiger partial charge in [0.15, 0.2) is 11.5 Å². The van der Waals surface area contributed by atoms with Crippen LogP contribution >= 0.6 is 0 Å². The molecule has 0 amide bonds. The van der Waals surface area contributed by atoms with E-state index in [4.69, 9.17) is 9.15 Å². The van der Waals surface area contributed by atoms with Crippen LogP contribution in [0.1, 0.15) is 12.8 Å². The predicted molar refractivity (Wildman–Crippen MR) is 93.3 cm³/mol.